The lowest BCUT2D eigenvalue weighted by atomic mass is 10.1. The summed E-state index contributed by atoms with van der Waals surface area (Å²) in [6.45, 7) is 0. The van der Waals surface area contributed by atoms with E-state index in [1.165, 1.54) is 0 Å². The predicted octanol–water partition coefficient (Wildman–Crippen LogP) is 2.13. The number of hydrogen-bond acceptors (Lipinski definition) is 2. The molecule has 0 atom stereocenters. The number of phenolic OH excluding ortho intramolecular Hbond substituents is 1. The predicted molar refractivity (Wildman–Crippen MR) is 55.2 cm³/mol. The van der Waals surface area contributed by atoms with Gasteiger partial charge in [-0.3, -0.25) is 0 Å². The van der Waals surface area contributed by atoms with Crippen LogP contribution < -0.4 is 0 Å². The van der Waals surface area contributed by atoms with E-state index in [-0.39, 0.29) is 5.75 Å². The molecule has 3 heteroatoms. The minimum absolute atomic E-state index is 0.266. The number of aromatic hydroxyl groups is 1. The van der Waals surface area contributed by atoms with Crippen LogP contribution in [-0.4, -0.2) is 11.4 Å². The molecule has 64 valence electrons. The van der Waals surface area contributed by atoms with Gasteiger partial charge in [0.15, 0.2) is 0 Å². The van der Waals surface area contributed by atoms with E-state index in [9.17, 15) is 9.90 Å². The first-order valence-corrected chi connectivity index (χ1v) is 4.72. The summed E-state index contributed by atoms with van der Waals surface area (Å²) < 4.78 is 0.994. The fourth-order valence-electron chi connectivity index (χ4n) is 1.00. The zero-order valence-electron chi connectivity index (χ0n) is 6.46. The standard InChI is InChI=1S/C9H9IO2/c10-8-4-7(2-1-3-11)5-9(12)6-8/h3-6,12H,1-2H2. The number of carbonyl (C=O) groups is 1. The lowest BCUT2D eigenvalue weighted by molar-refractivity contribution is -0.107. The van der Waals surface area contributed by atoms with Gasteiger partial charge in [-0.2, -0.15) is 0 Å². The Balaban J connectivity index is 2.78. The van der Waals surface area contributed by atoms with Crippen molar-refractivity contribution in [2.45, 2.75) is 12.8 Å². The Labute approximate surface area is 84.7 Å². The van der Waals surface area contributed by atoms with E-state index in [0.717, 1.165) is 15.4 Å². The Bertz CT molecular complexity index is 264. The first-order valence-electron chi connectivity index (χ1n) is 3.64. The van der Waals surface area contributed by atoms with Crippen molar-refractivity contribution in [2.24, 2.45) is 0 Å². The molecule has 0 bridgehead atoms. The average Bonchev–Trinajstić information content (AvgIpc) is 1.99. The molecular formula is C9H9IO2. The number of carbonyl (C=O) groups excluding carboxylic acids is 1. The van der Waals surface area contributed by atoms with Crippen molar-refractivity contribution in [1.29, 1.82) is 0 Å². The molecule has 0 aromatic heterocycles. The van der Waals surface area contributed by atoms with Crippen LogP contribution in [0.15, 0.2) is 18.2 Å². The molecule has 0 radical (unpaired) electrons. The highest BCUT2D eigenvalue weighted by molar-refractivity contribution is 14.1. The van der Waals surface area contributed by atoms with Gasteiger partial charge in [-0.15, -0.1) is 0 Å². The van der Waals surface area contributed by atoms with Crippen molar-refractivity contribution in [3.63, 3.8) is 0 Å². The zero-order chi connectivity index (χ0) is 8.97. The maximum Gasteiger partial charge on any atom is 0.120 e. The number of hydrogen-bond donors (Lipinski definition) is 1. The third kappa shape index (κ3) is 2.81. The van der Waals surface area contributed by atoms with Gasteiger partial charge in [0.2, 0.25) is 0 Å². The fraction of sp³-hybridized carbons (Fsp3) is 0.222. The van der Waals surface area contributed by atoms with Gasteiger partial charge in [-0.25, -0.2) is 0 Å². The number of rotatable bonds is 3. The van der Waals surface area contributed by atoms with Gasteiger partial charge >= 0.3 is 0 Å². The van der Waals surface area contributed by atoms with Crippen molar-refractivity contribution in [1.82, 2.24) is 0 Å². The summed E-state index contributed by atoms with van der Waals surface area (Å²) in [4.78, 5) is 10.1. The highest BCUT2D eigenvalue weighted by atomic mass is 127. The molecular weight excluding hydrogens is 267 g/mol. The van der Waals surface area contributed by atoms with Gasteiger partial charge < -0.3 is 9.90 Å². The monoisotopic (exact) mass is 276 g/mol. The maximum absolute atomic E-state index is 10.1. The van der Waals surface area contributed by atoms with Crippen molar-refractivity contribution >= 4 is 28.9 Å². The summed E-state index contributed by atoms with van der Waals surface area (Å²) >= 11 is 2.13. The average molecular weight is 276 g/mol. The Hall–Kier alpha value is -0.580. The maximum atomic E-state index is 10.1. The molecule has 1 aromatic carbocycles. The summed E-state index contributed by atoms with van der Waals surface area (Å²) in [5.74, 6) is 0.266. The SMILES string of the molecule is O=CCCc1cc(O)cc(I)c1. The normalized spacial score (nSPS) is 9.75. The van der Waals surface area contributed by atoms with Crippen LogP contribution >= 0.6 is 22.6 Å². The van der Waals surface area contributed by atoms with Crippen LogP contribution in [0.2, 0.25) is 0 Å². The van der Waals surface area contributed by atoms with E-state index < -0.39 is 0 Å². The third-order valence-corrected chi connectivity index (χ3v) is 2.12. The molecule has 0 saturated heterocycles. The highest BCUT2D eigenvalue weighted by Crippen LogP contribution is 2.17. The van der Waals surface area contributed by atoms with Crippen LogP contribution in [0.4, 0.5) is 0 Å². The lowest BCUT2D eigenvalue weighted by Crippen LogP contribution is -1.86. The van der Waals surface area contributed by atoms with E-state index in [1.54, 1.807) is 12.1 Å². The van der Waals surface area contributed by atoms with E-state index >= 15 is 0 Å². The summed E-state index contributed by atoms with van der Waals surface area (Å²) in [6, 6.07) is 5.33. The number of aldehydes is 1. The molecule has 0 saturated carbocycles. The summed E-state index contributed by atoms with van der Waals surface area (Å²) in [5.41, 5.74) is 1.01. The molecule has 1 N–H and O–H groups in total. The summed E-state index contributed by atoms with van der Waals surface area (Å²) in [6.07, 6.45) is 2.10. The molecule has 2 nitrogen and oxygen atoms in total. The van der Waals surface area contributed by atoms with Gasteiger partial charge in [0.1, 0.15) is 12.0 Å². The van der Waals surface area contributed by atoms with E-state index in [2.05, 4.69) is 22.6 Å². The van der Waals surface area contributed by atoms with Crippen molar-refractivity contribution in [3.05, 3.63) is 27.3 Å². The smallest absolute Gasteiger partial charge is 0.120 e. The number of aryl methyl sites for hydroxylation is 1. The molecule has 0 spiro atoms. The number of phenols is 1. The molecule has 0 aliphatic carbocycles. The second-order valence-electron chi connectivity index (χ2n) is 2.52. The van der Waals surface area contributed by atoms with E-state index in [0.29, 0.717) is 12.8 Å². The largest absolute Gasteiger partial charge is 0.508 e. The first kappa shape index (κ1) is 9.51. The Morgan fingerprint density at radius 1 is 1.42 bits per heavy atom. The third-order valence-electron chi connectivity index (χ3n) is 1.49. The quantitative estimate of drug-likeness (QED) is 0.678. The minimum atomic E-state index is 0.266. The topological polar surface area (TPSA) is 37.3 Å². The summed E-state index contributed by atoms with van der Waals surface area (Å²) in [7, 11) is 0. The zero-order valence-corrected chi connectivity index (χ0v) is 8.61. The molecule has 0 aliphatic rings. The van der Waals surface area contributed by atoms with Gasteiger partial charge in [-0.1, -0.05) is 0 Å². The van der Waals surface area contributed by atoms with Crippen LogP contribution in [0.1, 0.15) is 12.0 Å². The second kappa shape index (κ2) is 4.45. The van der Waals surface area contributed by atoms with Gasteiger partial charge in [-0.05, 0) is 52.8 Å². The number of benzene rings is 1. The minimum Gasteiger partial charge on any atom is -0.508 e. The fourth-order valence-corrected chi connectivity index (χ4v) is 1.72. The van der Waals surface area contributed by atoms with Crippen molar-refractivity contribution in [3.8, 4) is 5.75 Å². The van der Waals surface area contributed by atoms with Crippen LogP contribution in [0, 0.1) is 3.57 Å². The Kier molecular flexibility index (Phi) is 3.52. The molecule has 0 amide bonds. The highest BCUT2D eigenvalue weighted by Gasteiger charge is 1.97. The number of halogens is 1. The van der Waals surface area contributed by atoms with E-state index in [4.69, 9.17) is 0 Å². The molecule has 1 rings (SSSR count). The van der Waals surface area contributed by atoms with Gasteiger partial charge in [0.25, 0.3) is 0 Å². The van der Waals surface area contributed by atoms with Crippen molar-refractivity contribution < 1.29 is 9.90 Å². The molecule has 12 heavy (non-hydrogen) atoms. The van der Waals surface area contributed by atoms with Gasteiger partial charge in [0, 0.05) is 9.99 Å². The molecule has 0 aliphatic heterocycles. The lowest BCUT2D eigenvalue weighted by Gasteiger charge is -2.00. The van der Waals surface area contributed by atoms with Crippen LogP contribution in [0.5, 0.6) is 5.75 Å². The first-order chi connectivity index (χ1) is 5.72. The Morgan fingerprint density at radius 3 is 2.75 bits per heavy atom. The molecule has 1 aromatic rings. The van der Waals surface area contributed by atoms with E-state index in [1.807, 2.05) is 6.07 Å². The summed E-state index contributed by atoms with van der Waals surface area (Å²) in [5, 5.41) is 9.20. The van der Waals surface area contributed by atoms with Gasteiger partial charge in [0.05, 0.1) is 0 Å². The van der Waals surface area contributed by atoms with Crippen LogP contribution in [-0.2, 0) is 11.2 Å². The van der Waals surface area contributed by atoms with Crippen LogP contribution in [0.25, 0.3) is 0 Å². The second-order valence-corrected chi connectivity index (χ2v) is 3.77. The molecule has 0 fully saturated rings. The van der Waals surface area contributed by atoms with Crippen LogP contribution in [0.3, 0.4) is 0 Å². The molecule has 0 unspecified atom stereocenters. The Morgan fingerprint density at radius 2 is 2.17 bits per heavy atom. The molecule has 0 heterocycles. The van der Waals surface area contributed by atoms with Crippen molar-refractivity contribution in [2.75, 3.05) is 0 Å².